The van der Waals surface area contributed by atoms with E-state index in [1.807, 2.05) is 0 Å². The SMILES string of the molecule is CC(C)([C-]=O)C(O)CCO.[Y+3]. The molecule has 0 heterocycles. The molecule has 0 fully saturated rings. The van der Waals surface area contributed by atoms with Crippen molar-refractivity contribution in [3.8, 4) is 0 Å². The van der Waals surface area contributed by atoms with Crippen LogP contribution in [-0.2, 0) is 37.5 Å². The normalized spacial score (nSPS) is 13.5. The summed E-state index contributed by atoms with van der Waals surface area (Å²) in [6.45, 7) is 3.06. The molecule has 0 saturated heterocycles. The maximum atomic E-state index is 10.2. The second kappa shape index (κ2) is 6.24. The van der Waals surface area contributed by atoms with Gasteiger partial charge in [0.05, 0.1) is 0 Å². The quantitative estimate of drug-likeness (QED) is 0.666. The van der Waals surface area contributed by atoms with Gasteiger partial charge in [-0.05, 0) is 6.42 Å². The van der Waals surface area contributed by atoms with E-state index in [-0.39, 0.29) is 45.7 Å². The Hall–Kier alpha value is 0.694. The van der Waals surface area contributed by atoms with Crippen molar-refractivity contribution >= 4 is 6.29 Å². The zero-order chi connectivity index (χ0) is 8.20. The number of hydrogen-bond acceptors (Lipinski definition) is 3. The second-order valence-corrected chi connectivity index (χ2v) is 2.85. The van der Waals surface area contributed by atoms with Gasteiger partial charge in [-0.2, -0.15) is 0 Å². The summed E-state index contributed by atoms with van der Waals surface area (Å²) in [5.41, 5.74) is -0.858. The molecule has 0 amide bonds. The average molecular weight is 234 g/mol. The Morgan fingerprint density at radius 1 is 1.55 bits per heavy atom. The summed E-state index contributed by atoms with van der Waals surface area (Å²) in [6, 6.07) is 0. The van der Waals surface area contributed by atoms with E-state index in [0.717, 1.165) is 0 Å². The van der Waals surface area contributed by atoms with Crippen LogP contribution in [0, 0.1) is 5.41 Å². The largest absolute Gasteiger partial charge is 3.00 e. The molecule has 0 radical (unpaired) electrons. The van der Waals surface area contributed by atoms with Crippen molar-refractivity contribution in [2.24, 2.45) is 5.41 Å². The summed E-state index contributed by atoms with van der Waals surface area (Å²) >= 11 is 0. The van der Waals surface area contributed by atoms with Crippen LogP contribution in [0.5, 0.6) is 0 Å². The minimum atomic E-state index is -0.858. The molecule has 1 unspecified atom stereocenters. The van der Waals surface area contributed by atoms with Gasteiger partial charge in [-0.1, -0.05) is 13.8 Å². The van der Waals surface area contributed by atoms with Gasteiger partial charge < -0.3 is 15.0 Å². The van der Waals surface area contributed by atoms with Gasteiger partial charge >= 0.3 is 32.7 Å². The topological polar surface area (TPSA) is 57.5 Å². The van der Waals surface area contributed by atoms with Gasteiger partial charge in [0, 0.05) is 12.7 Å². The molecule has 0 aliphatic carbocycles. The van der Waals surface area contributed by atoms with Crippen molar-refractivity contribution in [1.29, 1.82) is 0 Å². The van der Waals surface area contributed by atoms with Crippen LogP contribution in [0.2, 0.25) is 0 Å². The van der Waals surface area contributed by atoms with Crippen LogP contribution in [0.1, 0.15) is 20.3 Å². The van der Waals surface area contributed by atoms with Crippen molar-refractivity contribution in [3.63, 3.8) is 0 Å². The summed E-state index contributed by atoms with van der Waals surface area (Å²) in [6.07, 6.45) is 1.14. The molecule has 0 aliphatic heterocycles. The van der Waals surface area contributed by atoms with Crippen molar-refractivity contribution in [1.82, 2.24) is 0 Å². The predicted octanol–water partition coefficient (Wildman–Crippen LogP) is -0.137. The first-order valence-corrected chi connectivity index (χ1v) is 3.23. The number of rotatable bonds is 4. The summed E-state index contributed by atoms with van der Waals surface area (Å²) in [5, 5.41) is 17.6. The van der Waals surface area contributed by atoms with Crippen LogP contribution >= 0.6 is 0 Å². The molecular formula is C7H13O3Y+2. The van der Waals surface area contributed by atoms with Gasteiger partial charge in [-0.25, -0.2) is 0 Å². The van der Waals surface area contributed by atoms with E-state index in [1.54, 1.807) is 20.1 Å². The minimum absolute atomic E-state index is 0. The van der Waals surface area contributed by atoms with Crippen LogP contribution in [0.3, 0.4) is 0 Å². The predicted molar refractivity (Wildman–Crippen MR) is 37.2 cm³/mol. The van der Waals surface area contributed by atoms with Gasteiger partial charge in [0.2, 0.25) is 0 Å². The van der Waals surface area contributed by atoms with Gasteiger partial charge in [-0.3, -0.25) is 6.29 Å². The number of aliphatic hydroxyl groups is 2. The Bertz CT molecular complexity index is 114. The summed E-state index contributed by atoms with van der Waals surface area (Å²) in [4.78, 5) is 10.2. The third-order valence-corrected chi connectivity index (χ3v) is 1.50. The zero-order valence-electron chi connectivity index (χ0n) is 6.87. The van der Waals surface area contributed by atoms with E-state index >= 15 is 0 Å². The Morgan fingerprint density at radius 3 is 2.27 bits per heavy atom. The molecule has 3 nitrogen and oxygen atoms in total. The van der Waals surface area contributed by atoms with E-state index in [4.69, 9.17) is 10.2 Å². The Kier molecular flexibility index (Phi) is 8.07. The molecule has 0 aliphatic rings. The number of aliphatic hydroxyl groups excluding tert-OH is 2. The van der Waals surface area contributed by atoms with E-state index in [2.05, 4.69) is 0 Å². The molecule has 0 aromatic heterocycles. The molecule has 0 spiro atoms. The van der Waals surface area contributed by atoms with Gasteiger partial charge in [0.15, 0.2) is 0 Å². The van der Waals surface area contributed by atoms with Crippen LogP contribution in [0.4, 0.5) is 0 Å². The molecule has 0 rings (SSSR count). The third kappa shape index (κ3) is 5.02. The Labute approximate surface area is 92.1 Å². The van der Waals surface area contributed by atoms with Crippen molar-refractivity contribution in [2.75, 3.05) is 6.61 Å². The molecule has 11 heavy (non-hydrogen) atoms. The molecular weight excluding hydrogens is 221 g/mol. The first-order valence-electron chi connectivity index (χ1n) is 3.23. The van der Waals surface area contributed by atoms with Gasteiger partial charge in [0.25, 0.3) is 0 Å². The fourth-order valence-corrected chi connectivity index (χ4v) is 0.551. The van der Waals surface area contributed by atoms with Crippen LogP contribution in [0.15, 0.2) is 0 Å². The number of carbonyl (C=O) groups excluding carboxylic acids is 1. The van der Waals surface area contributed by atoms with E-state index < -0.39 is 11.5 Å². The fourth-order valence-electron chi connectivity index (χ4n) is 0.551. The maximum Gasteiger partial charge on any atom is 3.00 e. The molecule has 60 valence electrons. The van der Waals surface area contributed by atoms with E-state index in [1.165, 1.54) is 0 Å². The van der Waals surface area contributed by atoms with E-state index in [0.29, 0.717) is 0 Å². The second-order valence-electron chi connectivity index (χ2n) is 2.85. The smallest absolute Gasteiger partial charge is 0.541 e. The Morgan fingerprint density at radius 2 is 2.00 bits per heavy atom. The molecule has 0 aromatic carbocycles. The van der Waals surface area contributed by atoms with Gasteiger partial charge in [0.1, 0.15) is 0 Å². The van der Waals surface area contributed by atoms with E-state index in [9.17, 15) is 4.79 Å². The van der Waals surface area contributed by atoms with Gasteiger partial charge in [-0.15, -0.1) is 5.41 Å². The fraction of sp³-hybridized carbons (Fsp3) is 0.857. The molecule has 4 heteroatoms. The first kappa shape index (κ1) is 14.2. The van der Waals surface area contributed by atoms with Crippen LogP contribution < -0.4 is 0 Å². The maximum absolute atomic E-state index is 10.2. The summed E-state index contributed by atoms with van der Waals surface area (Å²) < 4.78 is 0. The van der Waals surface area contributed by atoms with Crippen molar-refractivity contribution in [2.45, 2.75) is 26.4 Å². The minimum Gasteiger partial charge on any atom is -0.541 e. The summed E-state index contributed by atoms with van der Waals surface area (Å²) in [7, 11) is 0. The molecule has 0 aromatic rings. The first-order chi connectivity index (χ1) is 4.54. The zero-order valence-corrected chi connectivity index (χ0v) is 9.71. The molecule has 1 atom stereocenters. The Balaban J connectivity index is 0. The van der Waals surface area contributed by atoms with Crippen molar-refractivity contribution < 1.29 is 47.7 Å². The van der Waals surface area contributed by atoms with Crippen LogP contribution in [0.25, 0.3) is 0 Å². The molecule has 0 bridgehead atoms. The summed E-state index contributed by atoms with van der Waals surface area (Å²) in [5.74, 6) is 0. The average Bonchev–Trinajstić information content (AvgIpc) is 1.89. The number of hydrogen-bond donors (Lipinski definition) is 2. The third-order valence-electron chi connectivity index (χ3n) is 1.50. The molecule has 2 N–H and O–H groups in total. The van der Waals surface area contributed by atoms with Crippen LogP contribution in [-0.4, -0.2) is 29.2 Å². The van der Waals surface area contributed by atoms with Crippen molar-refractivity contribution in [3.05, 3.63) is 0 Å². The standard InChI is InChI=1S/C7H13O3.Y/c1-7(2,5-9)6(10)3-4-8;/h6,8,10H,3-4H2,1-2H3;/q-1;+3. The monoisotopic (exact) mass is 234 g/mol. The molecule has 0 saturated carbocycles.